The van der Waals surface area contributed by atoms with E-state index in [-0.39, 0.29) is 5.91 Å². The summed E-state index contributed by atoms with van der Waals surface area (Å²) in [4.78, 5) is 21.8. The Morgan fingerprint density at radius 2 is 1.68 bits per heavy atom. The first kappa shape index (κ1) is 21.9. The van der Waals surface area contributed by atoms with Crippen LogP contribution >= 0.6 is 0 Å². The molecule has 6 heteroatoms. The Balaban J connectivity index is 1.09. The number of piperazine rings is 1. The smallest absolute Gasteiger partial charge is 0.253 e. The molecule has 1 aliphatic rings. The maximum atomic E-state index is 12.9. The first-order valence-electron chi connectivity index (χ1n) is 11.6. The highest BCUT2D eigenvalue weighted by Gasteiger charge is 2.21. The Kier molecular flexibility index (Phi) is 6.68. The Labute approximate surface area is 199 Å². The SMILES string of the molecule is O=C(c1ccc(OCc2cn3ccccc3n2)cc1)N1CCN(CC=Cc2ccccc2)CC1. The molecule has 34 heavy (non-hydrogen) atoms. The lowest BCUT2D eigenvalue weighted by Gasteiger charge is -2.34. The molecular formula is C28H28N4O2. The van der Waals surface area contributed by atoms with E-state index >= 15 is 0 Å². The molecule has 172 valence electrons. The van der Waals surface area contributed by atoms with Gasteiger partial charge < -0.3 is 14.0 Å². The average Bonchev–Trinajstić information content (AvgIpc) is 3.32. The minimum atomic E-state index is 0.0754. The van der Waals surface area contributed by atoms with E-state index < -0.39 is 0 Å². The summed E-state index contributed by atoms with van der Waals surface area (Å²) in [6, 6.07) is 23.6. The van der Waals surface area contributed by atoms with Crippen molar-refractivity contribution in [2.75, 3.05) is 32.7 Å². The number of nitrogens with zero attached hydrogens (tertiary/aromatic N) is 4. The minimum absolute atomic E-state index is 0.0754. The number of benzene rings is 2. The predicted molar refractivity (Wildman–Crippen MR) is 134 cm³/mol. The molecular weight excluding hydrogens is 424 g/mol. The number of carbonyl (C=O) groups excluding carboxylic acids is 1. The molecule has 5 rings (SSSR count). The van der Waals surface area contributed by atoms with Gasteiger partial charge in [-0.05, 0) is 42.0 Å². The molecule has 0 bridgehead atoms. The van der Waals surface area contributed by atoms with E-state index in [4.69, 9.17) is 4.74 Å². The summed E-state index contributed by atoms with van der Waals surface area (Å²) < 4.78 is 7.84. The Morgan fingerprint density at radius 3 is 2.44 bits per heavy atom. The molecule has 0 aliphatic carbocycles. The van der Waals surface area contributed by atoms with E-state index in [1.807, 2.05) is 82.4 Å². The minimum Gasteiger partial charge on any atom is -0.487 e. The van der Waals surface area contributed by atoms with E-state index in [1.165, 1.54) is 5.56 Å². The summed E-state index contributed by atoms with van der Waals surface area (Å²) in [6.07, 6.45) is 8.27. The third-order valence-corrected chi connectivity index (χ3v) is 6.03. The predicted octanol–water partition coefficient (Wildman–Crippen LogP) is 4.38. The van der Waals surface area contributed by atoms with Crippen LogP contribution in [0.3, 0.4) is 0 Å². The van der Waals surface area contributed by atoms with E-state index in [2.05, 4.69) is 34.2 Å². The molecule has 0 unspecified atom stereocenters. The average molecular weight is 453 g/mol. The monoisotopic (exact) mass is 452 g/mol. The van der Waals surface area contributed by atoms with Crippen LogP contribution in [-0.2, 0) is 6.61 Å². The number of aromatic nitrogens is 2. The van der Waals surface area contributed by atoms with Crippen molar-refractivity contribution in [1.82, 2.24) is 19.2 Å². The molecule has 0 radical (unpaired) electrons. The maximum absolute atomic E-state index is 12.9. The number of hydrogen-bond acceptors (Lipinski definition) is 4. The lowest BCUT2D eigenvalue weighted by molar-refractivity contribution is 0.0650. The highest BCUT2D eigenvalue weighted by Crippen LogP contribution is 2.17. The zero-order valence-corrected chi connectivity index (χ0v) is 19.1. The Bertz CT molecular complexity index is 1220. The van der Waals surface area contributed by atoms with Gasteiger partial charge in [0.05, 0.1) is 5.69 Å². The number of fused-ring (bicyclic) bond motifs is 1. The van der Waals surface area contributed by atoms with Crippen LogP contribution in [0.5, 0.6) is 5.75 Å². The van der Waals surface area contributed by atoms with Gasteiger partial charge in [-0.2, -0.15) is 0 Å². The van der Waals surface area contributed by atoms with Gasteiger partial charge >= 0.3 is 0 Å². The first-order chi connectivity index (χ1) is 16.7. The molecule has 2 aromatic carbocycles. The van der Waals surface area contributed by atoms with E-state index in [1.54, 1.807) is 0 Å². The molecule has 0 spiro atoms. The summed E-state index contributed by atoms with van der Waals surface area (Å²) in [7, 11) is 0. The molecule has 0 atom stereocenters. The summed E-state index contributed by atoms with van der Waals surface area (Å²) in [5, 5.41) is 0. The molecule has 2 aromatic heterocycles. The van der Waals surface area contributed by atoms with Gasteiger partial charge in [-0.1, -0.05) is 48.6 Å². The lowest BCUT2D eigenvalue weighted by atomic mass is 10.1. The fourth-order valence-electron chi connectivity index (χ4n) is 4.13. The van der Waals surface area contributed by atoms with E-state index in [9.17, 15) is 4.79 Å². The number of amides is 1. The second-order valence-electron chi connectivity index (χ2n) is 8.42. The molecule has 0 N–H and O–H groups in total. The second kappa shape index (κ2) is 10.4. The number of imidazole rings is 1. The molecule has 6 nitrogen and oxygen atoms in total. The summed E-state index contributed by atoms with van der Waals surface area (Å²) >= 11 is 0. The largest absolute Gasteiger partial charge is 0.487 e. The number of ether oxygens (including phenoxy) is 1. The topological polar surface area (TPSA) is 50.1 Å². The van der Waals surface area contributed by atoms with Crippen molar-refractivity contribution in [3.63, 3.8) is 0 Å². The third-order valence-electron chi connectivity index (χ3n) is 6.03. The van der Waals surface area contributed by atoms with Crippen LogP contribution in [0.15, 0.2) is 91.3 Å². The molecule has 4 aromatic rings. The van der Waals surface area contributed by atoms with Gasteiger partial charge in [0.2, 0.25) is 0 Å². The molecule has 1 fully saturated rings. The highest BCUT2D eigenvalue weighted by molar-refractivity contribution is 5.94. The van der Waals surface area contributed by atoms with Crippen molar-refractivity contribution in [1.29, 1.82) is 0 Å². The quantitative estimate of drug-likeness (QED) is 0.418. The van der Waals surface area contributed by atoms with Gasteiger partial charge in [0.1, 0.15) is 18.0 Å². The van der Waals surface area contributed by atoms with Crippen LogP contribution in [-0.4, -0.2) is 57.8 Å². The fraction of sp³-hybridized carbons (Fsp3) is 0.214. The van der Waals surface area contributed by atoms with Crippen molar-refractivity contribution in [3.8, 4) is 5.75 Å². The van der Waals surface area contributed by atoms with E-state index in [0.29, 0.717) is 12.2 Å². The van der Waals surface area contributed by atoms with Gasteiger partial charge in [-0.15, -0.1) is 0 Å². The molecule has 1 saturated heterocycles. The standard InChI is InChI=1S/C28H28N4O2/c33-28(31-19-17-30(18-20-31)15-6-9-23-7-2-1-3-8-23)24-11-13-26(14-12-24)34-22-25-21-32-16-5-4-10-27(32)29-25/h1-14,16,21H,15,17-20,22H2. The van der Waals surface area contributed by atoms with Gasteiger partial charge in [0.25, 0.3) is 5.91 Å². The normalized spacial score (nSPS) is 14.6. The van der Waals surface area contributed by atoms with Crippen molar-refractivity contribution in [2.45, 2.75) is 6.61 Å². The van der Waals surface area contributed by atoms with Crippen LogP contribution in [0.4, 0.5) is 0 Å². The van der Waals surface area contributed by atoms with Gasteiger partial charge in [0.15, 0.2) is 0 Å². The maximum Gasteiger partial charge on any atom is 0.253 e. The molecule has 1 amide bonds. The van der Waals surface area contributed by atoms with Crippen LogP contribution in [0.25, 0.3) is 11.7 Å². The van der Waals surface area contributed by atoms with Gasteiger partial charge in [-0.3, -0.25) is 9.69 Å². The van der Waals surface area contributed by atoms with Crippen LogP contribution < -0.4 is 4.74 Å². The van der Waals surface area contributed by atoms with Crippen molar-refractivity contribution in [3.05, 3.63) is 108 Å². The lowest BCUT2D eigenvalue weighted by Crippen LogP contribution is -2.48. The second-order valence-corrected chi connectivity index (χ2v) is 8.42. The third kappa shape index (κ3) is 5.35. The summed E-state index contributed by atoms with van der Waals surface area (Å²) in [5.41, 5.74) is 3.66. The number of pyridine rings is 1. The zero-order chi connectivity index (χ0) is 23.2. The Hall–Kier alpha value is -3.90. The van der Waals surface area contributed by atoms with E-state index in [0.717, 1.165) is 49.8 Å². The van der Waals surface area contributed by atoms with Crippen LogP contribution in [0, 0.1) is 0 Å². The number of carbonyl (C=O) groups is 1. The van der Waals surface area contributed by atoms with Crippen LogP contribution in [0.1, 0.15) is 21.6 Å². The van der Waals surface area contributed by atoms with Crippen molar-refractivity contribution < 1.29 is 9.53 Å². The van der Waals surface area contributed by atoms with Gasteiger partial charge in [-0.25, -0.2) is 4.98 Å². The van der Waals surface area contributed by atoms with Crippen molar-refractivity contribution in [2.24, 2.45) is 0 Å². The molecule has 1 aliphatic heterocycles. The fourth-order valence-corrected chi connectivity index (χ4v) is 4.13. The van der Waals surface area contributed by atoms with Gasteiger partial charge in [0, 0.05) is 50.7 Å². The summed E-state index contributed by atoms with van der Waals surface area (Å²) in [5.74, 6) is 0.801. The zero-order valence-electron chi connectivity index (χ0n) is 19.1. The highest BCUT2D eigenvalue weighted by atomic mass is 16.5. The molecule has 0 saturated carbocycles. The first-order valence-corrected chi connectivity index (χ1v) is 11.6. The van der Waals surface area contributed by atoms with Crippen molar-refractivity contribution >= 4 is 17.6 Å². The molecule has 3 heterocycles. The Morgan fingerprint density at radius 1 is 0.912 bits per heavy atom. The van der Waals surface area contributed by atoms with Crippen LogP contribution in [0.2, 0.25) is 0 Å². The number of hydrogen-bond donors (Lipinski definition) is 0. The number of rotatable bonds is 7. The summed E-state index contributed by atoms with van der Waals surface area (Å²) in [6.45, 7) is 4.52.